The molecule has 1 heterocycles. The maximum Gasteiger partial charge on any atom is 0.154 e. The highest BCUT2D eigenvalue weighted by Crippen LogP contribution is 2.22. The molecule has 2 rings (SSSR count). The van der Waals surface area contributed by atoms with Gasteiger partial charge in [0, 0.05) is 19.5 Å². The summed E-state index contributed by atoms with van der Waals surface area (Å²) in [4.78, 5) is 12.2. The largest absolute Gasteiger partial charge is 0.371 e. The monoisotopic (exact) mass is 290 g/mol. The Bertz CT molecular complexity index is 439. The van der Waals surface area contributed by atoms with Crippen LogP contribution in [0.2, 0.25) is 0 Å². The van der Waals surface area contributed by atoms with E-state index in [0.29, 0.717) is 6.42 Å². The average molecular weight is 290 g/mol. The molecule has 1 aliphatic rings. The molecule has 0 aliphatic carbocycles. The van der Waals surface area contributed by atoms with Crippen LogP contribution in [0.3, 0.4) is 0 Å². The third-order valence-electron chi connectivity index (χ3n) is 3.80. The van der Waals surface area contributed by atoms with Crippen LogP contribution >= 0.6 is 0 Å². The van der Waals surface area contributed by atoms with E-state index in [9.17, 15) is 4.79 Å². The van der Waals surface area contributed by atoms with E-state index >= 15 is 0 Å². The van der Waals surface area contributed by atoms with Gasteiger partial charge in [0.05, 0.1) is 18.8 Å². The Balaban J connectivity index is 2.09. The van der Waals surface area contributed by atoms with Crippen LogP contribution in [0.5, 0.6) is 0 Å². The minimum atomic E-state index is -0.186. The van der Waals surface area contributed by atoms with Crippen molar-refractivity contribution >= 4 is 5.78 Å². The molecule has 2 unspecified atom stereocenters. The molecule has 0 aromatic heterocycles. The number of likely N-dealkylation sites (N-methyl/N-ethyl adjacent to an activating group) is 1. The van der Waals surface area contributed by atoms with Gasteiger partial charge in [-0.15, -0.1) is 0 Å². The van der Waals surface area contributed by atoms with E-state index in [1.54, 1.807) is 0 Å². The normalized spacial score (nSPS) is 20.2. The molecule has 0 radical (unpaired) electrons. The lowest BCUT2D eigenvalue weighted by Crippen LogP contribution is -2.33. The number of morpholine rings is 1. The van der Waals surface area contributed by atoms with Crippen LogP contribution in [0.25, 0.3) is 0 Å². The first-order valence-corrected chi connectivity index (χ1v) is 7.94. The van der Waals surface area contributed by atoms with Crippen molar-refractivity contribution in [2.24, 2.45) is 0 Å². The van der Waals surface area contributed by atoms with Crippen LogP contribution in [0.15, 0.2) is 24.3 Å². The number of rotatable bonds is 7. The molecule has 0 saturated carbocycles. The quantitative estimate of drug-likeness (QED) is 0.809. The van der Waals surface area contributed by atoms with Crippen LogP contribution in [-0.2, 0) is 9.53 Å². The lowest BCUT2D eigenvalue weighted by atomic mass is 9.97. The zero-order valence-electron chi connectivity index (χ0n) is 13.0. The second-order valence-corrected chi connectivity index (χ2v) is 5.44. The Morgan fingerprint density at radius 3 is 2.71 bits per heavy atom. The van der Waals surface area contributed by atoms with E-state index in [0.717, 1.165) is 38.2 Å². The minimum absolute atomic E-state index is 0.122. The fourth-order valence-electron chi connectivity index (χ4n) is 2.70. The molecule has 116 valence electrons. The second kappa shape index (κ2) is 8.27. The number of carbonyl (C=O) groups is 1. The summed E-state index contributed by atoms with van der Waals surface area (Å²) in [6, 6.07) is 8.07. The molecule has 21 heavy (non-hydrogen) atoms. The Morgan fingerprint density at radius 2 is 2.14 bits per heavy atom. The molecule has 2 N–H and O–H groups in total. The van der Waals surface area contributed by atoms with Gasteiger partial charge in [-0.05, 0) is 24.1 Å². The van der Waals surface area contributed by atoms with Gasteiger partial charge in [0.2, 0.25) is 0 Å². The number of Topliss-reactive ketones (excluding diaryl/α,β-unsaturated/α-hetero) is 1. The highest BCUT2D eigenvalue weighted by atomic mass is 16.5. The van der Waals surface area contributed by atoms with Gasteiger partial charge in [-0.25, -0.2) is 0 Å². The Labute approximate surface area is 127 Å². The van der Waals surface area contributed by atoms with Gasteiger partial charge in [0.1, 0.15) is 0 Å². The third-order valence-corrected chi connectivity index (χ3v) is 3.80. The minimum Gasteiger partial charge on any atom is -0.371 e. The topological polar surface area (TPSA) is 50.4 Å². The molecule has 0 bridgehead atoms. The number of nitrogens with one attached hydrogen (secondary N) is 2. The van der Waals surface area contributed by atoms with Crippen molar-refractivity contribution in [3.63, 3.8) is 0 Å². The van der Waals surface area contributed by atoms with Crippen molar-refractivity contribution in [2.45, 2.75) is 38.8 Å². The first kappa shape index (κ1) is 16.1. The number of carbonyl (C=O) groups excluding carboxylic acids is 1. The van der Waals surface area contributed by atoms with Crippen LogP contribution in [0.1, 0.15) is 50.0 Å². The molecule has 4 nitrogen and oxygen atoms in total. The summed E-state index contributed by atoms with van der Waals surface area (Å²) in [5.41, 5.74) is 2.21. The standard InChI is InChI=1S/C17H26N2O2/c1-3-5-15(20)17(19-4-2)14-8-6-13(7-9-14)16-12-18-10-11-21-16/h6-9,16-19H,3-5,10-12H2,1-2H3. The maximum absolute atomic E-state index is 12.2. The van der Waals surface area contributed by atoms with E-state index in [-0.39, 0.29) is 17.9 Å². The van der Waals surface area contributed by atoms with Gasteiger partial charge in [-0.3, -0.25) is 4.79 Å². The van der Waals surface area contributed by atoms with Gasteiger partial charge >= 0.3 is 0 Å². The van der Waals surface area contributed by atoms with Gasteiger partial charge in [-0.1, -0.05) is 38.1 Å². The molecule has 1 aromatic rings. The van der Waals surface area contributed by atoms with Crippen molar-refractivity contribution < 1.29 is 9.53 Å². The van der Waals surface area contributed by atoms with E-state index in [1.165, 1.54) is 5.56 Å². The zero-order valence-corrected chi connectivity index (χ0v) is 13.0. The Hall–Kier alpha value is -1.23. The summed E-state index contributed by atoms with van der Waals surface area (Å²) in [5.74, 6) is 0.266. The van der Waals surface area contributed by atoms with Crippen LogP contribution in [-0.4, -0.2) is 32.0 Å². The van der Waals surface area contributed by atoms with E-state index in [1.807, 2.05) is 26.0 Å². The van der Waals surface area contributed by atoms with Crippen molar-refractivity contribution in [1.29, 1.82) is 0 Å². The van der Waals surface area contributed by atoms with Crippen molar-refractivity contribution in [3.8, 4) is 0 Å². The van der Waals surface area contributed by atoms with E-state index in [4.69, 9.17) is 4.74 Å². The number of ether oxygens (including phenoxy) is 1. The fourth-order valence-corrected chi connectivity index (χ4v) is 2.70. The van der Waals surface area contributed by atoms with E-state index in [2.05, 4.69) is 22.8 Å². The molecule has 1 aliphatic heterocycles. The highest BCUT2D eigenvalue weighted by Gasteiger charge is 2.20. The molecule has 1 saturated heterocycles. The summed E-state index contributed by atoms with van der Waals surface area (Å²) in [5, 5.41) is 6.62. The first-order chi connectivity index (χ1) is 10.3. The summed E-state index contributed by atoms with van der Waals surface area (Å²) < 4.78 is 5.75. The zero-order chi connectivity index (χ0) is 15.1. The van der Waals surface area contributed by atoms with Gasteiger partial charge in [0.15, 0.2) is 5.78 Å². The Morgan fingerprint density at radius 1 is 1.38 bits per heavy atom. The molecule has 1 fully saturated rings. The lowest BCUT2D eigenvalue weighted by molar-refractivity contribution is -0.121. The SMILES string of the molecule is CCCC(=O)C(NCC)c1ccc(C2CNCCO2)cc1. The summed E-state index contributed by atoms with van der Waals surface area (Å²) in [6.45, 7) is 7.38. The maximum atomic E-state index is 12.2. The Kier molecular flexibility index (Phi) is 6.36. The van der Waals surface area contributed by atoms with Crippen LogP contribution in [0, 0.1) is 0 Å². The smallest absolute Gasteiger partial charge is 0.154 e. The van der Waals surface area contributed by atoms with Crippen molar-refractivity contribution in [3.05, 3.63) is 35.4 Å². The molecule has 0 amide bonds. The summed E-state index contributed by atoms with van der Waals surface area (Å²) >= 11 is 0. The fraction of sp³-hybridized carbons (Fsp3) is 0.588. The van der Waals surface area contributed by atoms with Crippen molar-refractivity contribution in [2.75, 3.05) is 26.2 Å². The number of hydrogen-bond acceptors (Lipinski definition) is 4. The molecule has 0 spiro atoms. The second-order valence-electron chi connectivity index (χ2n) is 5.44. The number of benzene rings is 1. The summed E-state index contributed by atoms with van der Waals surface area (Å²) in [6.07, 6.45) is 1.63. The molecule has 4 heteroatoms. The van der Waals surface area contributed by atoms with Gasteiger partial charge in [0.25, 0.3) is 0 Å². The third kappa shape index (κ3) is 4.37. The predicted molar refractivity (Wildman–Crippen MR) is 84.3 cm³/mol. The summed E-state index contributed by atoms with van der Waals surface area (Å²) in [7, 11) is 0. The van der Waals surface area contributed by atoms with Crippen LogP contribution < -0.4 is 10.6 Å². The highest BCUT2D eigenvalue weighted by molar-refractivity contribution is 5.85. The van der Waals surface area contributed by atoms with Crippen LogP contribution in [0.4, 0.5) is 0 Å². The van der Waals surface area contributed by atoms with Crippen molar-refractivity contribution in [1.82, 2.24) is 10.6 Å². The average Bonchev–Trinajstić information content (AvgIpc) is 2.54. The number of ketones is 1. The molecular formula is C17H26N2O2. The lowest BCUT2D eigenvalue weighted by Gasteiger charge is -2.24. The molecule has 2 atom stereocenters. The molecule has 1 aromatic carbocycles. The first-order valence-electron chi connectivity index (χ1n) is 7.94. The molecular weight excluding hydrogens is 264 g/mol. The van der Waals surface area contributed by atoms with Gasteiger partial charge in [-0.2, -0.15) is 0 Å². The van der Waals surface area contributed by atoms with E-state index < -0.39 is 0 Å². The number of hydrogen-bond donors (Lipinski definition) is 2. The van der Waals surface area contributed by atoms with Gasteiger partial charge < -0.3 is 15.4 Å². The predicted octanol–water partition coefficient (Wildman–Crippen LogP) is 2.37.